The van der Waals surface area contributed by atoms with Crippen molar-refractivity contribution in [2.24, 2.45) is 5.92 Å². The first-order valence-electron chi connectivity index (χ1n) is 12.0. The Morgan fingerprint density at radius 2 is 1.03 bits per heavy atom. The van der Waals surface area contributed by atoms with E-state index in [1.54, 1.807) is 0 Å². The highest BCUT2D eigenvalue weighted by Gasteiger charge is 2.28. The van der Waals surface area contributed by atoms with Crippen LogP contribution in [0.5, 0.6) is 0 Å². The summed E-state index contributed by atoms with van der Waals surface area (Å²) in [6.07, 6.45) is 10.5. The second-order valence-corrected chi connectivity index (χ2v) is 8.80. The van der Waals surface area contributed by atoms with Crippen molar-refractivity contribution in [3.05, 3.63) is 40.5 Å². The summed E-state index contributed by atoms with van der Waals surface area (Å²) >= 11 is 0. The summed E-state index contributed by atoms with van der Waals surface area (Å²) in [6.45, 7) is 0.299. The summed E-state index contributed by atoms with van der Waals surface area (Å²) in [5, 5.41) is 44.7. The molecule has 2 atom stereocenters. The summed E-state index contributed by atoms with van der Waals surface area (Å²) in [7, 11) is 0. The fourth-order valence-electron chi connectivity index (χ4n) is 3.68. The van der Waals surface area contributed by atoms with Crippen molar-refractivity contribution in [1.29, 1.82) is 0 Å². The van der Waals surface area contributed by atoms with Crippen LogP contribution in [0.4, 0.5) is 0 Å². The highest BCUT2D eigenvalue weighted by atomic mass is 17.0. The Hall–Kier alpha value is -3.24. The minimum absolute atomic E-state index is 0. The Morgan fingerprint density at radius 3 is 1.32 bits per heavy atom. The first-order chi connectivity index (χ1) is 17.1. The highest BCUT2D eigenvalue weighted by Crippen LogP contribution is 2.26. The maximum absolute atomic E-state index is 9.77. The van der Waals surface area contributed by atoms with Gasteiger partial charge in [0.05, 0.1) is 12.7 Å². The van der Waals surface area contributed by atoms with Gasteiger partial charge in [0, 0.05) is 0 Å². The van der Waals surface area contributed by atoms with E-state index >= 15 is 0 Å². The molecule has 17 nitrogen and oxygen atoms in total. The second kappa shape index (κ2) is 18.9. The molecule has 1 N–H and O–H groups in total. The molecule has 0 aromatic carbocycles. The van der Waals surface area contributed by atoms with Gasteiger partial charge in [0.2, 0.25) is 0 Å². The van der Waals surface area contributed by atoms with E-state index in [0.29, 0.717) is 25.4 Å². The molecule has 0 spiro atoms. The summed E-state index contributed by atoms with van der Waals surface area (Å²) in [4.78, 5) is 55.6. The quantitative estimate of drug-likeness (QED) is 0.324. The first kappa shape index (κ1) is 33.8. The average molecular weight is 543 g/mol. The van der Waals surface area contributed by atoms with E-state index in [2.05, 4.69) is 19.4 Å². The largest absolute Gasteiger partial charge is 0.391 e. The molecule has 4 fully saturated rings. The standard InChI is InChI=1S/C5H9NO4.2C5H9NO3.C4H7NO3.CH4/c7-4-2-1-3-5(4)10-6(8)9;7-6(8)9-4-5-2-1-3-5;7-6(8)9-5-3-1-2-4-5;6-5(7)8-4-2-1-3-4;/h4-5,7H,1-3H2;2*5H,1-4H2;4H,1-3H2;1H4. The van der Waals surface area contributed by atoms with Gasteiger partial charge in [0.15, 0.2) is 0 Å². The number of hydrogen-bond acceptors (Lipinski definition) is 13. The van der Waals surface area contributed by atoms with Crippen molar-refractivity contribution >= 4 is 0 Å². The van der Waals surface area contributed by atoms with E-state index in [9.17, 15) is 40.5 Å². The molecule has 0 aromatic rings. The van der Waals surface area contributed by atoms with E-state index in [4.69, 9.17) is 5.11 Å². The molecule has 0 bridgehead atoms. The molecule has 37 heavy (non-hydrogen) atoms. The summed E-state index contributed by atoms with van der Waals surface area (Å²) in [6, 6.07) is 0. The molecule has 0 heterocycles. The van der Waals surface area contributed by atoms with Gasteiger partial charge in [0.1, 0.15) is 18.3 Å². The Balaban J connectivity index is 0.000000464. The molecule has 4 rings (SSSR count). The van der Waals surface area contributed by atoms with E-state index in [-0.39, 0.29) is 19.6 Å². The van der Waals surface area contributed by atoms with Crippen LogP contribution in [0.25, 0.3) is 0 Å². The molecule has 17 heteroatoms. The van der Waals surface area contributed by atoms with Crippen molar-refractivity contribution in [3.63, 3.8) is 0 Å². The van der Waals surface area contributed by atoms with Gasteiger partial charge in [-0.25, -0.2) is 0 Å². The Bertz CT molecular complexity index is 685. The molecule has 0 aliphatic heterocycles. The third-order valence-electron chi connectivity index (χ3n) is 6.10. The number of aliphatic hydroxyl groups is 1. The monoisotopic (exact) mass is 542 g/mol. The van der Waals surface area contributed by atoms with E-state index in [1.807, 2.05) is 0 Å². The Kier molecular flexibility index (Phi) is 17.3. The third-order valence-corrected chi connectivity index (χ3v) is 6.10. The lowest BCUT2D eigenvalue weighted by atomic mass is 9.86. The fraction of sp³-hybridized carbons (Fsp3) is 1.00. The van der Waals surface area contributed by atoms with Crippen LogP contribution in [0.1, 0.15) is 90.9 Å². The molecule has 0 aromatic heterocycles. The maximum atomic E-state index is 9.77. The van der Waals surface area contributed by atoms with Crippen LogP contribution >= 0.6 is 0 Å². The fourth-order valence-corrected chi connectivity index (χ4v) is 3.68. The molecular formula is C20H38N4O13. The maximum Gasteiger partial charge on any atom is 0.294 e. The molecule has 0 amide bonds. The van der Waals surface area contributed by atoms with E-state index < -0.39 is 32.6 Å². The first-order valence-corrected chi connectivity index (χ1v) is 12.0. The molecule has 4 saturated carbocycles. The highest BCUT2D eigenvalue weighted by molar-refractivity contribution is 4.75. The minimum Gasteiger partial charge on any atom is -0.391 e. The van der Waals surface area contributed by atoms with E-state index in [0.717, 1.165) is 64.2 Å². The van der Waals surface area contributed by atoms with Crippen molar-refractivity contribution in [3.8, 4) is 0 Å². The smallest absolute Gasteiger partial charge is 0.294 e. The van der Waals surface area contributed by atoms with Gasteiger partial charge in [-0.3, -0.25) is 0 Å². The molecule has 2 unspecified atom stereocenters. The zero-order valence-electron chi connectivity index (χ0n) is 19.9. The van der Waals surface area contributed by atoms with Gasteiger partial charge in [-0.05, 0) is 70.1 Å². The number of aliphatic hydroxyl groups excluding tert-OH is 1. The molecule has 0 saturated heterocycles. The van der Waals surface area contributed by atoms with Crippen molar-refractivity contribution in [2.75, 3.05) is 6.61 Å². The summed E-state index contributed by atoms with van der Waals surface area (Å²) in [5.74, 6) is 0.454. The summed E-state index contributed by atoms with van der Waals surface area (Å²) < 4.78 is 0. The summed E-state index contributed by atoms with van der Waals surface area (Å²) in [5.41, 5.74) is 0. The van der Waals surface area contributed by atoms with Crippen LogP contribution in [0.15, 0.2) is 0 Å². The molecule has 4 aliphatic rings. The zero-order chi connectivity index (χ0) is 26.9. The van der Waals surface area contributed by atoms with Gasteiger partial charge in [-0.15, -0.1) is 40.5 Å². The molecular weight excluding hydrogens is 504 g/mol. The Morgan fingerprint density at radius 1 is 0.595 bits per heavy atom. The topological polar surface area (TPSA) is 230 Å². The van der Waals surface area contributed by atoms with Gasteiger partial charge >= 0.3 is 0 Å². The van der Waals surface area contributed by atoms with Crippen molar-refractivity contribution < 1.29 is 44.8 Å². The lowest BCUT2D eigenvalue weighted by Crippen LogP contribution is -2.25. The molecule has 4 aliphatic carbocycles. The van der Waals surface area contributed by atoms with Crippen LogP contribution in [0.2, 0.25) is 0 Å². The number of rotatable bonds is 9. The Labute approximate surface area is 213 Å². The lowest BCUT2D eigenvalue weighted by Gasteiger charge is -2.23. The van der Waals surface area contributed by atoms with E-state index in [1.165, 1.54) is 6.42 Å². The number of nitrogens with zero attached hydrogens (tertiary/aromatic N) is 4. The van der Waals surface area contributed by atoms with Crippen LogP contribution in [0, 0.1) is 46.4 Å². The van der Waals surface area contributed by atoms with Crippen LogP contribution in [0.3, 0.4) is 0 Å². The normalized spacial score (nSPS) is 22.3. The second-order valence-electron chi connectivity index (χ2n) is 8.80. The number of hydrogen-bond donors (Lipinski definition) is 1. The van der Waals surface area contributed by atoms with Gasteiger partial charge in [0.25, 0.3) is 20.3 Å². The average Bonchev–Trinajstić information content (AvgIpc) is 3.36. The van der Waals surface area contributed by atoms with Crippen molar-refractivity contribution in [1.82, 2.24) is 0 Å². The molecule has 0 radical (unpaired) electrons. The SMILES string of the molecule is C.O=[N+]([O-])OC1CCC1.O=[N+]([O-])OC1CCCC1.O=[N+]([O-])OC1CCCC1O.O=[N+]([O-])OCC1CCC1. The van der Waals surface area contributed by atoms with Gasteiger partial charge in [-0.2, -0.15) is 0 Å². The minimum atomic E-state index is -0.848. The third kappa shape index (κ3) is 17.0. The lowest BCUT2D eigenvalue weighted by molar-refractivity contribution is -0.771. The molecule has 216 valence electrons. The van der Waals surface area contributed by atoms with Gasteiger partial charge in [-0.1, -0.05) is 26.7 Å². The van der Waals surface area contributed by atoms with Crippen LogP contribution in [-0.2, 0) is 19.4 Å². The predicted octanol–water partition coefficient (Wildman–Crippen LogP) is 3.62. The van der Waals surface area contributed by atoms with Gasteiger partial charge < -0.3 is 24.5 Å². The van der Waals surface area contributed by atoms with Crippen molar-refractivity contribution in [2.45, 2.75) is 115 Å². The predicted molar refractivity (Wildman–Crippen MR) is 125 cm³/mol. The van der Waals surface area contributed by atoms with Crippen LogP contribution in [-0.4, -0.2) is 56.5 Å². The van der Waals surface area contributed by atoms with Crippen LogP contribution < -0.4 is 0 Å². The zero-order valence-corrected chi connectivity index (χ0v) is 19.9.